The quantitative estimate of drug-likeness (QED) is 0.607. The van der Waals surface area contributed by atoms with E-state index in [4.69, 9.17) is 27.9 Å². The molecule has 0 aliphatic rings. The number of benzene rings is 2. The maximum absolute atomic E-state index is 12.6. The van der Waals surface area contributed by atoms with Gasteiger partial charge in [0, 0.05) is 10.0 Å². The van der Waals surface area contributed by atoms with Crippen molar-refractivity contribution >= 4 is 44.8 Å². The molecular formula is C20H24Cl2N2O4S. The second-order valence-corrected chi connectivity index (χ2v) is 9.50. The van der Waals surface area contributed by atoms with Crippen LogP contribution in [0.3, 0.4) is 0 Å². The van der Waals surface area contributed by atoms with Gasteiger partial charge in [0.2, 0.25) is 15.9 Å². The first-order valence-electron chi connectivity index (χ1n) is 8.92. The monoisotopic (exact) mass is 458 g/mol. The molecule has 0 saturated heterocycles. The average Bonchev–Trinajstić information content (AvgIpc) is 2.59. The third-order valence-corrected chi connectivity index (χ3v) is 5.87. The van der Waals surface area contributed by atoms with Gasteiger partial charge in [0.1, 0.15) is 18.4 Å². The van der Waals surface area contributed by atoms with Crippen LogP contribution in [0.4, 0.5) is 5.69 Å². The van der Waals surface area contributed by atoms with Crippen molar-refractivity contribution in [3.05, 3.63) is 57.6 Å². The number of carbonyl (C=O) groups is 1. The number of nitrogens with one attached hydrogen (secondary N) is 1. The highest BCUT2D eigenvalue weighted by Gasteiger charge is 2.29. The molecule has 0 spiro atoms. The molecule has 0 aliphatic carbocycles. The smallest absolute Gasteiger partial charge is 0.243 e. The number of aryl methyl sites for hydroxylation is 2. The predicted octanol–water partition coefficient (Wildman–Crippen LogP) is 3.96. The number of hydrogen-bond acceptors (Lipinski definition) is 4. The number of hydrogen-bond donors (Lipinski definition) is 1. The van der Waals surface area contributed by atoms with Crippen molar-refractivity contribution in [1.29, 1.82) is 0 Å². The Labute approximate surface area is 181 Å². The topological polar surface area (TPSA) is 75.7 Å². The number of amides is 1. The minimum Gasteiger partial charge on any atom is -0.491 e. The van der Waals surface area contributed by atoms with E-state index < -0.39 is 22.0 Å². The van der Waals surface area contributed by atoms with Crippen molar-refractivity contribution in [3.63, 3.8) is 0 Å². The summed E-state index contributed by atoms with van der Waals surface area (Å²) in [5, 5.41) is 3.25. The lowest BCUT2D eigenvalue weighted by atomic mass is 10.1. The summed E-state index contributed by atoms with van der Waals surface area (Å²) in [4.78, 5) is 12.6. The van der Waals surface area contributed by atoms with E-state index in [1.165, 1.54) is 25.1 Å². The van der Waals surface area contributed by atoms with E-state index in [0.717, 1.165) is 27.4 Å². The lowest BCUT2D eigenvalue weighted by Gasteiger charge is -2.28. The van der Waals surface area contributed by atoms with E-state index in [2.05, 4.69) is 5.32 Å². The summed E-state index contributed by atoms with van der Waals surface area (Å²) >= 11 is 12.0. The molecule has 2 rings (SSSR count). The molecule has 6 nitrogen and oxygen atoms in total. The van der Waals surface area contributed by atoms with Gasteiger partial charge in [-0.3, -0.25) is 9.10 Å². The van der Waals surface area contributed by atoms with Gasteiger partial charge in [-0.1, -0.05) is 35.3 Å². The van der Waals surface area contributed by atoms with Crippen molar-refractivity contribution in [2.75, 3.05) is 23.7 Å². The second-order valence-electron chi connectivity index (χ2n) is 6.77. The van der Waals surface area contributed by atoms with Gasteiger partial charge >= 0.3 is 0 Å². The van der Waals surface area contributed by atoms with Crippen molar-refractivity contribution < 1.29 is 17.9 Å². The highest BCUT2D eigenvalue weighted by atomic mass is 35.5. The Kier molecular flexibility index (Phi) is 7.80. The van der Waals surface area contributed by atoms with Crippen molar-refractivity contribution in [1.82, 2.24) is 5.32 Å². The van der Waals surface area contributed by atoms with Crippen LogP contribution in [-0.4, -0.2) is 39.8 Å². The number of ether oxygens (including phenoxy) is 1. The summed E-state index contributed by atoms with van der Waals surface area (Å²) in [5.41, 5.74) is 2.29. The number of halogens is 2. The molecule has 0 unspecified atom stereocenters. The molecule has 0 aliphatic heterocycles. The molecule has 9 heteroatoms. The van der Waals surface area contributed by atoms with Gasteiger partial charge in [-0.15, -0.1) is 0 Å². The van der Waals surface area contributed by atoms with Gasteiger partial charge in [0.05, 0.1) is 18.5 Å². The number of anilines is 1. The SMILES string of the molecule is Cc1ccc(C)c(OCCNC(=O)[C@@H](C)N(c2cc(Cl)cc(Cl)c2)S(C)(=O)=O)c1. The van der Waals surface area contributed by atoms with Crippen LogP contribution in [0.15, 0.2) is 36.4 Å². The fourth-order valence-electron chi connectivity index (χ4n) is 2.82. The van der Waals surface area contributed by atoms with Gasteiger partial charge in [0.15, 0.2) is 0 Å². The third-order valence-electron chi connectivity index (χ3n) is 4.19. The Bertz CT molecular complexity index is 976. The molecule has 1 atom stereocenters. The van der Waals surface area contributed by atoms with E-state index in [1.54, 1.807) is 0 Å². The molecule has 0 fully saturated rings. The minimum absolute atomic E-state index is 0.222. The van der Waals surface area contributed by atoms with Crippen LogP contribution in [0.2, 0.25) is 10.0 Å². The molecule has 0 radical (unpaired) electrons. The standard InChI is InChI=1S/C20H24Cl2N2O4S/c1-13-5-6-14(2)19(9-13)28-8-7-23-20(25)15(3)24(29(4,26)27)18-11-16(21)10-17(22)12-18/h5-6,9-12,15H,7-8H2,1-4H3,(H,23,25)/t15-/m1/s1. The Morgan fingerprint density at radius 1 is 1.14 bits per heavy atom. The molecule has 0 saturated carbocycles. The highest BCUT2D eigenvalue weighted by molar-refractivity contribution is 7.92. The first-order chi connectivity index (χ1) is 13.5. The second kappa shape index (κ2) is 9.69. The van der Waals surface area contributed by atoms with E-state index in [1.807, 2.05) is 32.0 Å². The molecule has 0 heterocycles. The lowest BCUT2D eigenvalue weighted by molar-refractivity contribution is -0.121. The molecule has 2 aromatic carbocycles. The zero-order valence-electron chi connectivity index (χ0n) is 16.7. The van der Waals surface area contributed by atoms with Crippen molar-refractivity contribution in [3.8, 4) is 5.75 Å². The first kappa shape index (κ1) is 23.3. The number of rotatable bonds is 8. The van der Waals surface area contributed by atoms with E-state index in [-0.39, 0.29) is 28.9 Å². The van der Waals surface area contributed by atoms with Crippen LogP contribution in [0.25, 0.3) is 0 Å². The molecule has 158 valence electrons. The van der Waals surface area contributed by atoms with Gasteiger partial charge in [-0.05, 0) is 56.2 Å². The van der Waals surface area contributed by atoms with Crippen LogP contribution in [-0.2, 0) is 14.8 Å². The van der Waals surface area contributed by atoms with Gasteiger partial charge in [0.25, 0.3) is 0 Å². The molecule has 0 bridgehead atoms. The van der Waals surface area contributed by atoms with Crippen LogP contribution in [0, 0.1) is 13.8 Å². The normalized spacial score (nSPS) is 12.3. The number of carbonyl (C=O) groups excluding carboxylic acids is 1. The number of sulfonamides is 1. The third kappa shape index (κ3) is 6.52. The summed E-state index contributed by atoms with van der Waals surface area (Å²) < 4.78 is 31.3. The Morgan fingerprint density at radius 3 is 2.34 bits per heavy atom. The lowest BCUT2D eigenvalue weighted by Crippen LogP contribution is -2.48. The molecule has 1 N–H and O–H groups in total. The van der Waals surface area contributed by atoms with Crippen molar-refractivity contribution in [2.24, 2.45) is 0 Å². The van der Waals surface area contributed by atoms with Crippen LogP contribution >= 0.6 is 23.2 Å². The van der Waals surface area contributed by atoms with Crippen LogP contribution in [0.5, 0.6) is 5.75 Å². The highest BCUT2D eigenvalue weighted by Crippen LogP contribution is 2.28. The van der Waals surface area contributed by atoms with E-state index in [0.29, 0.717) is 0 Å². The molecule has 1 amide bonds. The minimum atomic E-state index is -3.76. The van der Waals surface area contributed by atoms with Crippen molar-refractivity contribution in [2.45, 2.75) is 26.8 Å². The van der Waals surface area contributed by atoms with Gasteiger partial charge in [-0.2, -0.15) is 0 Å². The average molecular weight is 459 g/mol. The maximum atomic E-state index is 12.6. The largest absolute Gasteiger partial charge is 0.491 e. The first-order valence-corrected chi connectivity index (χ1v) is 11.5. The summed E-state index contributed by atoms with van der Waals surface area (Å²) in [6.07, 6.45) is 1.02. The maximum Gasteiger partial charge on any atom is 0.243 e. The fraction of sp³-hybridized carbons (Fsp3) is 0.350. The van der Waals surface area contributed by atoms with Gasteiger partial charge in [-0.25, -0.2) is 8.42 Å². The molecular weight excluding hydrogens is 435 g/mol. The van der Waals surface area contributed by atoms with Gasteiger partial charge < -0.3 is 10.1 Å². The Hall–Kier alpha value is -1.96. The number of nitrogens with zero attached hydrogens (tertiary/aromatic N) is 1. The summed E-state index contributed by atoms with van der Waals surface area (Å²) in [6.45, 7) is 5.89. The fourth-order valence-corrected chi connectivity index (χ4v) is 4.49. The molecule has 29 heavy (non-hydrogen) atoms. The Morgan fingerprint density at radius 2 is 1.76 bits per heavy atom. The summed E-state index contributed by atoms with van der Waals surface area (Å²) in [5.74, 6) is 0.287. The zero-order valence-corrected chi connectivity index (χ0v) is 19.0. The van der Waals surface area contributed by atoms with Crippen LogP contribution in [0.1, 0.15) is 18.1 Å². The van der Waals surface area contributed by atoms with E-state index >= 15 is 0 Å². The van der Waals surface area contributed by atoms with Crippen LogP contribution < -0.4 is 14.4 Å². The molecule has 2 aromatic rings. The Balaban J connectivity index is 2.05. The van der Waals surface area contributed by atoms with E-state index in [9.17, 15) is 13.2 Å². The summed E-state index contributed by atoms with van der Waals surface area (Å²) in [7, 11) is -3.76. The summed E-state index contributed by atoms with van der Waals surface area (Å²) in [6, 6.07) is 9.26. The molecule has 0 aromatic heterocycles. The zero-order chi connectivity index (χ0) is 21.8. The predicted molar refractivity (Wildman–Crippen MR) is 118 cm³/mol.